The molecule has 46 heavy (non-hydrogen) atoms. The lowest BCUT2D eigenvalue weighted by atomic mass is 9.78. The van der Waals surface area contributed by atoms with E-state index in [1.807, 2.05) is 33.8 Å². The summed E-state index contributed by atoms with van der Waals surface area (Å²) in [6.45, 7) is 9.82. The topological polar surface area (TPSA) is 181 Å². The molecule has 0 bridgehead atoms. The van der Waals surface area contributed by atoms with Crippen molar-refractivity contribution < 1.29 is 37.7 Å². The first-order chi connectivity index (χ1) is 21.8. The first-order valence-electron chi connectivity index (χ1n) is 14.5. The Morgan fingerprint density at radius 2 is 1.96 bits per heavy atom. The average molecular weight is 634 g/mol. The van der Waals surface area contributed by atoms with E-state index in [2.05, 4.69) is 26.2 Å². The number of fused-ring (bicyclic) bond motifs is 1. The van der Waals surface area contributed by atoms with E-state index in [0.717, 1.165) is 11.1 Å². The second-order valence-corrected chi connectivity index (χ2v) is 11.9. The number of nitrogens with one attached hydrogen (secondary N) is 1. The van der Waals surface area contributed by atoms with E-state index < -0.39 is 41.1 Å². The number of imidazole rings is 1. The predicted octanol–water partition coefficient (Wildman–Crippen LogP) is 3.18. The minimum absolute atomic E-state index is 0.0593. The Hall–Kier alpha value is -5.00. The van der Waals surface area contributed by atoms with E-state index in [9.17, 15) is 19.5 Å². The van der Waals surface area contributed by atoms with Gasteiger partial charge in [0, 0.05) is 24.3 Å². The molecule has 1 aromatic carbocycles. The molecule has 1 saturated heterocycles. The van der Waals surface area contributed by atoms with E-state index in [-0.39, 0.29) is 43.2 Å². The molecule has 4 heterocycles. The molecule has 2 atom stereocenters. The zero-order chi connectivity index (χ0) is 33.4. The molecule has 1 aliphatic rings. The molecule has 3 aromatic heterocycles. The molecule has 4 aromatic rings. The fourth-order valence-electron chi connectivity index (χ4n) is 6.18. The van der Waals surface area contributed by atoms with Crippen LogP contribution in [0.25, 0.3) is 11.2 Å². The van der Waals surface area contributed by atoms with Gasteiger partial charge in [-0.25, -0.2) is 19.7 Å². The molecule has 1 fully saturated rings. The lowest BCUT2D eigenvalue weighted by molar-refractivity contribution is -0.201. The van der Waals surface area contributed by atoms with Crippen molar-refractivity contribution in [2.24, 2.45) is 0 Å². The highest BCUT2D eigenvalue weighted by molar-refractivity contribution is 5.83. The Morgan fingerprint density at radius 1 is 1.20 bits per heavy atom. The highest BCUT2D eigenvalue weighted by atomic mass is 16.6. The first-order valence-corrected chi connectivity index (χ1v) is 14.5. The van der Waals surface area contributed by atoms with Crippen molar-refractivity contribution in [1.82, 2.24) is 19.5 Å². The van der Waals surface area contributed by atoms with Gasteiger partial charge in [0.2, 0.25) is 11.3 Å². The zero-order valence-corrected chi connectivity index (χ0v) is 26.4. The van der Waals surface area contributed by atoms with Gasteiger partial charge in [0.05, 0.1) is 26.2 Å². The van der Waals surface area contributed by atoms with Crippen molar-refractivity contribution >= 4 is 28.9 Å². The number of rotatable bonds is 10. The number of aliphatic hydroxyl groups excluding tert-OH is 1. The Kier molecular flexibility index (Phi) is 8.50. The summed E-state index contributed by atoms with van der Waals surface area (Å²) in [6.07, 6.45) is 8.56. The fraction of sp³-hybridized carbons (Fsp3) is 0.438. The molecule has 0 amide bonds. The summed E-state index contributed by atoms with van der Waals surface area (Å²) in [6, 6.07) is 3.70. The predicted molar refractivity (Wildman–Crippen MR) is 163 cm³/mol. The van der Waals surface area contributed by atoms with E-state index in [4.69, 9.17) is 29.5 Å². The van der Waals surface area contributed by atoms with Crippen LogP contribution >= 0.6 is 0 Å². The minimum atomic E-state index is -1.78. The van der Waals surface area contributed by atoms with Gasteiger partial charge in [-0.3, -0.25) is 14.2 Å². The van der Waals surface area contributed by atoms with Crippen LogP contribution in [0.5, 0.6) is 5.75 Å². The van der Waals surface area contributed by atoms with Crippen molar-refractivity contribution in [2.45, 2.75) is 77.7 Å². The Bertz CT molecular complexity index is 1920. The number of terminal acetylenes is 1. The summed E-state index contributed by atoms with van der Waals surface area (Å²) < 4.78 is 29.2. The van der Waals surface area contributed by atoms with Gasteiger partial charge in [-0.1, -0.05) is 25.8 Å². The number of ether oxygens (including phenoxy) is 3. The van der Waals surface area contributed by atoms with Gasteiger partial charge in [-0.15, -0.1) is 6.42 Å². The third kappa shape index (κ3) is 5.63. The number of nitrogens with zero attached hydrogens (tertiary/aromatic N) is 4. The van der Waals surface area contributed by atoms with Crippen LogP contribution in [-0.2, 0) is 36.7 Å². The summed E-state index contributed by atoms with van der Waals surface area (Å²) in [4.78, 5) is 50.5. The second kappa shape index (κ2) is 12.1. The minimum Gasteiger partial charge on any atom is -0.434 e. The maximum atomic E-state index is 14.0. The lowest BCUT2D eigenvalue weighted by Crippen LogP contribution is -2.57. The van der Waals surface area contributed by atoms with Crippen LogP contribution in [0.15, 0.2) is 38.4 Å². The van der Waals surface area contributed by atoms with Crippen molar-refractivity contribution in [3.05, 3.63) is 63.6 Å². The zero-order valence-electron chi connectivity index (χ0n) is 26.4. The molecule has 1 aliphatic heterocycles. The fourth-order valence-corrected chi connectivity index (χ4v) is 6.18. The number of hydrogen-bond acceptors (Lipinski definition) is 13. The maximum Gasteiger partial charge on any atom is 0.519 e. The number of aliphatic hydroxyl groups is 1. The maximum absolute atomic E-state index is 14.0. The number of aryl methyl sites for hydroxylation is 3. The molecule has 2 N–H and O–H groups in total. The Balaban J connectivity index is 1.53. The monoisotopic (exact) mass is 633 g/mol. The van der Waals surface area contributed by atoms with Crippen LogP contribution in [0, 0.1) is 33.1 Å². The number of carbonyl (C=O) groups excluding carboxylic acids is 2. The molecule has 14 nitrogen and oxygen atoms in total. The third-order valence-electron chi connectivity index (χ3n) is 8.09. The molecule has 5 rings (SSSR count). The van der Waals surface area contributed by atoms with Gasteiger partial charge in [0.1, 0.15) is 24.2 Å². The number of hydrogen-bond donors (Lipinski definition) is 2. The molecular formula is C32H35N5O9. The quantitative estimate of drug-likeness (QED) is 0.148. The van der Waals surface area contributed by atoms with E-state index in [1.54, 1.807) is 13.0 Å². The highest BCUT2D eigenvalue weighted by Gasteiger charge is 2.61. The molecule has 14 heteroatoms. The SMILES string of the molecule is C#CC1(CO)OCCC1(OC(=O)CC(C)(C)c1c(C)cc(C)cc1OC(C)=O)n1cnc2c(NCc3oc(=O)oc3C)ncnc21. The molecular weight excluding hydrogens is 598 g/mol. The highest BCUT2D eigenvalue weighted by Crippen LogP contribution is 2.46. The van der Waals surface area contributed by atoms with E-state index in [1.165, 1.54) is 24.1 Å². The molecule has 0 radical (unpaired) electrons. The van der Waals surface area contributed by atoms with E-state index in [0.29, 0.717) is 22.6 Å². The van der Waals surface area contributed by atoms with Crippen LogP contribution in [0.3, 0.4) is 0 Å². The number of carbonyl (C=O) groups is 2. The van der Waals surface area contributed by atoms with Crippen LogP contribution in [0.1, 0.15) is 61.8 Å². The number of aromatic nitrogens is 4. The molecule has 0 aliphatic carbocycles. The standard InChI is InChI=1S/C32H35N5O9/c1-8-31(15-38)32(9-10-42-31,46-24(40)13-30(6,7)25-19(3)11-18(2)12-22(25)44-21(5)39)37-17-36-26-27(34-16-35-28(26)37)33-14-23-20(4)43-29(41)45-23/h1,11-12,16-17,38H,9-10,13-15H2,2-7H3,(H,33,34,35). The van der Waals surface area contributed by atoms with Crippen LogP contribution in [-0.4, -0.2) is 55.4 Å². The van der Waals surface area contributed by atoms with E-state index >= 15 is 0 Å². The first kappa shape index (κ1) is 32.4. The van der Waals surface area contributed by atoms with Gasteiger partial charge in [-0.05, 0) is 38.0 Å². The van der Waals surface area contributed by atoms with Crippen LogP contribution in [0.2, 0.25) is 0 Å². The summed E-state index contributed by atoms with van der Waals surface area (Å²) in [5, 5.41) is 13.6. The van der Waals surface area contributed by atoms with Gasteiger partial charge in [0.25, 0.3) is 0 Å². The van der Waals surface area contributed by atoms with Crippen molar-refractivity contribution in [3.63, 3.8) is 0 Å². The second-order valence-electron chi connectivity index (χ2n) is 11.9. The Labute approximate surface area is 264 Å². The van der Waals surface area contributed by atoms with Gasteiger partial charge in [0.15, 0.2) is 22.7 Å². The molecule has 0 spiro atoms. The average Bonchev–Trinajstić information content (AvgIpc) is 3.65. The summed E-state index contributed by atoms with van der Waals surface area (Å²) >= 11 is 0. The number of benzene rings is 1. The van der Waals surface area contributed by atoms with Crippen molar-refractivity contribution in [1.29, 1.82) is 0 Å². The number of anilines is 1. The van der Waals surface area contributed by atoms with Crippen molar-refractivity contribution in [2.75, 3.05) is 18.5 Å². The Morgan fingerprint density at radius 3 is 2.61 bits per heavy atom. The summed E-state index contributed by atoms with van der Waals surface area (Å²) in [7, 11) is 0. The normalized spacial score (nSPS) is 19.6. The smallest absolute Gasteiger partial charge is 0.434 e. The van der Waals surface area contributed by atoms with Gasteiger partial charge >= 0.3 is 17.8 Å². The summed E-state index contributed by atoms with van der Waals surface area (Å²) in [5.41, 5.74) is -1.46. The summed E-state index contributed by atoms with van der Waals surface area (Å²) in [5.74, 6) is 1.79. The van der Waals surface area contributed by atoms with Gasteiger partial charge < -0.3 is 33.5 Å². The largest absolute Gasteiger partial charge is 0.519 e. The van der Waals surface area contributed by atoms with Crippen LogP contribution < -0.4 is 15.9 Å². The van der Waals surface area contributed by atoms with Crippen LogP contribution in [0.4, 0.5) is 5.82 Å². The van der Waals surface area contributed by atoms with Crippen molar-refractivity contribution in [3.8, 4) is 18.1 Å². The molecule has 0 saturated carbocycles. The number of esters is 2. The third-order valence-corrected chi connectivity index (χ3v) is 8.09. The molecule has 242 valence electrons. The lowest BCUT2D eigenvalue weighted by Gasteiger charge is -2.40. The molecule has 2 unspecified atom stereocenters. The van der Waals surface area contributed by atoms with Gasteiger partial charge in [-0.2, -0.15) is 0 Å².